The largest absolute Gasteiger partial charge is 0.429 e. The molecule has 1 aromatic carbocycles. The fraction of sp³-hybridized carbons (Fsp3) is 0.400. The molecule has 1 aliphatic heterocycles. The lowest BCUT2D eigenvalue weighted by atomic mass is 10.1. The van der Waals surface area contributed by atoms with Gasteiger partial charge in [-0.25, -0.2) is 0 Å². The maximum Gasteiger partial charge on any atom is 0.429 e. The van der Waals surface area contributed by atoms with E-state index in [9.17, 15) is 35.1 Å². The third kappa shape index (κ3) is 1.53. The van der Waals surface area contributed by atoms with Crippen molar-refractivity contribution in [2.45, 2.75) is 23.9 Å². The van der Waals surface area contributed by atoms with Gasteiger partial charge in [0, 0.05) is 5.69 Å². The molecule has 0 saturated carbocycles. The normalized spacial score (nSPS) is 21.4. The zero-order valence-corrected chi connectivity index (χ0v) is 8.86. The number of halogens is 8. The molecule has 1 nitrogen and oxygen atoms in total. The third-order valence-electron chi connectivity index (χ3n) is 2.84. The zero-order valence-electron chi connectivity index (χ0n) is 8.86. The van der Waals surface area contributed by atoms with Crippen molar-refractivity contribution in [2.24, 2.45) is 0 Å². The molecular weight excluding hydrogens is 286 g/mol. The third-order valence-corrected chi connectivity index (χ3v) is 2.84. The minimum Gasteiger partial charge on any atom is -0.281 e. The first-order valence-electron chi connectivity index (χ1n) is 4.84. The van der Waals surface area contributed by atoms with Gasteiger partial charge in [-0.15, -0.1) is 0 Å². The van der Waals surface area contributed by atoms with E-state index in [0.717, 1.165) is 24.3 Å². The Balaban J connectivity index is 2.59. The van der Waals surface area contributed by atoms with Crippen LogP contribution < -0.4 is 4.90 Å². The summed E-state index contributed by atoms with van der Waals surface area (Å²) in [6.07, 6.45) is -12.3. The molecule has 0 amide bonds. The Morgan fingerprint density at radius 2 is 1.21 bits per heavy atom. The second-order valence-corrected chi connectivity index (χ2v) is 3.92. The molecule has 0 aromatic heterocycles. The molecule has 0 spiro atoms. The Labute approximate surface area is 101 Å². The van der Waals surface area contributed by atoms with E-state index >= 15 is 0 Å². The second kappa shape index (κ2) is 3.51. The molecule has 0 bridgehead atoms. The molecule has 1 fully saturated rings. The minimum absolute atomic E-state index is 0.757. The molecule has 1 aliphatic rings. The van der Waals surface area contributed by atoms with Crippen molar-refractivity contribution in [3.8, 4) is 0 Å². The van der Waals surface area contributed by atoms with Crippen LogP contribution in [-0.2, 0) is 0 Å². The van der Waals surface area contributed by atoms with Crippen molar-refractivity contribution >= 4 is 5.69 Å². The van der Waals surface area contributed by atoms with Gasteiger partial charge in [0.25, 0.3) is 0 Å². The average Bonchev–Trinajstić information content (AvgIpc) is 2.77. The summed E-state index contributed by atoms with van der Waals surface area (Å²) in [5.41, 5.74) is -6.00. The van der Waals surface area contributed by atoms with E-state index in [4.69, 9.17) is 0 Å². The average molecular weight is 291 g/mol. The van der Waals surface area contributed by atoms with Crippen molar-refractivity contribution in [3.05, 3.63) is 30.3 Å². The van der Waals surface area contributed by atoms with Crippen LogP contribution in [0.15, 0.2) is 30.3 Å². The van der Waals surface area contributed by atoms with Gasteiger partial charge in [0.15, 0.2) is 0 Å². The van der Waals surface area contributed by atoms with Gasteiger partial charge in [0.2, 0.25) is 0 Å². The number of alkyl halides is 8. The quantitative estimate of drug-likeness (QED) is 0.430. The van der Waals surface area contributed by atoms with Gasteiger partial charge in [-0.3, -0.25) is 4.90 Å². The Morgan fingerprint density at radius 3 is 1.53 bits per heavy atom. The number of anilines is 1. The molecule has 1 saturated heterocycles. The standard InChI is InChI=1S/C10H5F8N/c11-8(12,13)7(9(14,15)16)10(17,18)19(7)6-4-2-1-3-5-6/h1-5H. The lowest BCUT2D eigenvalue weighted by Crippen LogP contribution is -2.51. The van der Waals surface area contributed by atoms with Crippen molar-refractivity contribution in [3.63, 3.8) is 0 Å². The highest BCUT2D eigenvalue weighted by molar-refractivity contribution is 5.64. The van der Waals surface area contributed by atoms with E-state index in [1.54, 1.807) is 0 Å². The highest BCUT2D eigenvalue weighted by atomic mass is 19.4. The number of rotatable bonds is 1. The first-order chi connectivity index (χ1) is 8.48. The van der Waals surface area contributed by atoms with Crippen LogP contribution in [0, 0.1) is 0 Å². The van der Waals surface area contributed by atoms with Gasteiger partial charge in [-0.2, -0.15) is 35.1 Å². The molecule has 1 aromatic rings. The van der Waals surface area contributed by atoms with Crippen LogP contribution in [-0.4, -0.2) is 23.9 Å². The maximum absolute atomic E-state index is 13.3. The molecule has 1 heterocycles. The summed E-state index contributed by atoms with van der Waals surface area (Å²) in [5, 5.41) is 0. The van der Waals surface area contributed by atoms with E-state index in [1.165, 1.54) is 6.07 Å². The number of nitrogens with zero attached hydrogens (tertiary/aromatic N) is 1. The van der Waals surface area contributed by atoms with Crippen LogP contribution in [0.4, 0.5) is 40.8 Å². The van der Waals surface area contributed by atoms with E-state index in [-0.39, 0.29) is 0 Å². The van der Waals surface area contributed by atoms with E-state index in [2.05, 4.69) is 0 Å². The van der Waals surface area contributed by atoms with Gasteiger partial charge in [-0.1, -0.05) is 18.2 Å². The fourth-order valence-corrected chi connectivity index (χ4v) is 1.99. The number of para-hydroxylation sites is 1. The number of hydrogen-bond acceptors (Lipinski definition) is 1. The highest BCUT2D eigenvalue weighted by Gasteiger charge is 3.01. The van der Waals surface area contributed by atoms with E-state index < -0.39 is 34.5 Å². The molecule has 0 N–H and O–H groups in total. The monoisotopic (exact) mass is 291 g/mol. The molecular formula is C10H5F8N. The Bertz CT molecular complexity index is 461. The van der Waals surface area contributed by atoms with Crippen molar-refractivity contribution < 1.29 is 35.1 Å². The molecule has 0 unspecified atom stereocenters. The van der Waals surface area contributed by atoms with E-state index in [0.29, 0.717) is 0 Å². The summed E-state index contributed by atoms with van der Waals surface area (Å²) >= 11 is 0. The summed E-state index contributed by atoms with van der Waals surface area (Å²) in [6, 6.07) is -0.123. The fourth-order valence-electron chi connectivity index (χ4n) is 1.99. The van der Waals surface area contributed by atoms with Crippen LogP contribution >= 0.6 is 0 Å². The summed E-state index contributed by atoms with van der Waals surface area (Å²) in [5.74, 6) is 0. The SMILES string of the molecule is FC(F)(F)C1(C(F)(F)F)N(c2ccccc2)C1(F)F. The number of hydrogen-bond donors (Lipinski definition) is 0. The highest BCUT2D eigenvalue weighted by Crippen LogP contribution is 2.69. The minimum atomic E-state index is -6.15. The summed E-state index contributed by atoms with van der Waals surface area (Å²) in [4.78, 5) is -0.958. The number of benzene rings is 1. The van der Waals surface area contributed by atoms with Crippen LogP contribution in [0.25, 0.3) is 0 Å². The molecule has 0 atom stereocenters. The molecule has 106 valence electrons. The van der Waals surface area contributed by atoms with Gasteiger partial charge >= 0.3 is 23.9 Å². The second-order valence-electron chi connectivity index (χ2n) is 3.92. The summed E-state index contributed by atoms with van der Waals surface area (Å²) in [7, 11) is 0. The maximum atomic E-state index is 13.3. The molecule has 9 heteroatoms. The van der Waals surface area contributed by atoms with Crippen LogP contribution in [0.2, 0.25) is 0 Å². The van der Waals surface area contributed by atoms with Gasteiger partial charge < -0.3 is 0 Å². The van der Waals surface area contributed by atoms with Crippen LogP contribution in [0.5, 0.6) is 0 Å². The Kier molecular flexibility index (Phi) is 2.57. The van der Waals surface area contributed by atoms with Crippen LogP contribution in [0.1, 0.15) is 0 Å². The van der Waals surface area contributed by atoms with Gasteiger partial charge in [-0.05, 0) is 12.1 Å². The summed E-state index contributed by atoms with van der Waals surface area (Å²) in [6.45, 7) is 0. The Morgan fingerprint density at radius 1 is 0.789 bits per heavy atom. The predicted octanol–water partition coefficient (Wildman–Crippen LogP) is 3.96. The molecule has 19 heavy (non-hydrogen) atoms. The van der Waals surface area contributed by atoms with E-state index in [1.807, 2.05) is 0 Å². The van der Waals surface area contributed by atoms with Crippen molar-refractivity contribution in [1.29, 1.82) is 0 Å². The molecule has 0 radical (unpaired) electrons. The lowest BCUT2D eigenvalue weighted by molar-refractivity contribution is -0.282. The van der Waals surface area contributed by atoms with Gasteiger partial charge in [0.1, 0.15) is 0 Å². The summed E-state index contributed by atoms with van der Waals surface area (Å²) < 4.78 is 102. The van der Waals surface area contributed by atoms with Gasteiger partial charge in [0.05, 0.1) is 0 Å². The topological polar surface area (TPSA) is 3.01 Å². The van der Waals surface area contributed by atoms with Crippen molar-refractivity contribution in [2.75, 3.05) is 4.90 Å². The predicted molar refractivity (Wildman–Crippen MR) is 48.7 cm³/mol. The molecule has 0 aliphatic carbocycles. The molecule has 2 rings (SSSR count). The smallest absolute Gasteiger partial charge is 0.281 e. The first-order valence-corrected chi connectivity index (χ1v) is 4.84. The zero-order chi connectivity index (χ0) is 14.7. The van der Waals surface area contributed by atoms with Crippen LogP contribution in [0.3, 0.4) is 0 Å². The lowest BCUT2D eigenvalue weighted by Gasteiger charge is -2.21. The first kappa shape index (κ1) is 13.9. The van der Waals surface area contributed by atoms with Crippen molar-refractivity contribution in [1.82, 2.24) is 0 Å². The Hall–Kier alpha value is -1.54.